The molecule has 0 saturated carbocycles. The van der Waals surface area contributed by atoms with Crippen molar-refractivity contribution in [1.82, 2.24) is 52.9 Å². The van der Waals surface area contributed by atoms with Crippen molar-refractivity contribution in [1.29, 1.82) is 0 Å². The standard InChI is InChI=1S/3C4H7N.15C2H4O2.5Fe.6H3N.5Na.5H/c3*1-3-5-4-2;15*1-2(3)4;;;;;;;;;;;;;;;;;;;;;/h3*3-5H,1-2H2;15*1H3,(H,3,4);;;;;;6*1H3;;;;;;;;;;/q;;;;;;;;;;;;;;;;;;5*+3;;;;;;;5*+1;5*-1/p-15. The second-order valence-corrected chi connectivity index (χ2v) is 9.10. The van der Waals surface area contributed by atoms with E-state index in [1.165, 1.54) is 0 Å². The summed E-state index contributed by atoms with van der Waals surface area (Å²) in [5.74, 6) is -16.3. The van der Waals surface area contributed by atoms with Crippen LogP contribution < -0.4 is 277 Å². The zero-order chi connectivity index (χ0) is 66.0. The molecule has 5 radical (unpaired) electrons. The molecule has 0 bridgehead atoms. The Balaban J connectivity index is -0.00000000957. The van der Waals surface area contributed by atoms with Gasteiger partial charge < -0.3 is 209 Å². The normalized spacial score (nSPS) is 5.04. The predicted octanol–water partition coefficient (Wildman–Crippen LogP) is -29.5. The van der Waals surface area contributed by atoms with Gasteiger partial charge in [-0.25, -0.2) is 0 Å². The molecule has 0 fully saturated rings. The van der Waals surface area contributed by atoms with Crippen LogP contribution in [0.25, 0.3) is 0 Å². The molecule has 0 spiro atoms. The molecule has 21 N–H and O–H groups in total. The third kappa shape index (κ3) is 60100. The van der Waals surface area contributed by atoms with Crippen molar-refractivity contribution < 1.29 is 389 Å². The Morgan fingerprint density at radius 3 is 0.220 bits per heavy atom. The molecule has 0 aliphatic heterocycles. The molecule has 0 atom stereocenters. The largest absolute Gasteiger partial charge is 3.00 e. The molecule has 91 heavy (non-hydrogen) atoms. The van der Waals surface area contributed by atoms with Crippen LogP contribution in [0.4, 0.5) is 0 Å². The van der Waals surface area contributed by atoms with Crippen LogP contribution in [-0.2, 0) is 157 Å². The summed E-state index contributed by atoms with van der Waals surface area (Å²) in [6, 6.07) is 0. The maximum atomic E-state index is 8.89. The first-order valence-corrected chi connectivity index (χ1v) is 17.8. The summed E-state index contributed by atoms with van der Waals surface area (Å²) >= 11 is 0. The molecule has 0 saturated heterocycles. The zero-order valence-corrected chi connectivity index (χ0v) is 70.5. The van der Waals surface area contributed by atoms with Crippen LogP contribution in [0.3, 0.4) is 0 Å². The van der Waals surface area contributed by atoms with Crippen LogP contribution in [0.15, 0.2) is 76.7 Å². The van der Waals surface area contributed by atoms with Crippen molar-refractivity contribution >= 4 is 89.5 Å². The number of nitrogens with one attached hydrogen (secondary N) is 3. The van der Waals surface area contributed by atoms with Crippen molar-refractivity contribution in [3.63, 3.8) is 0 Å². The van der Waals surface area contributed by atoms with Crippen molar-refractivity contribution in [3.8, 4) is 0 Å². The average Bonchev–Trinajstić information content (AvgIpc) is 3.06. The Morgan fingerprint density at radius 2 is 0.220 bits per heavy atom. The Hall–Kier alpha value is -2.75. The first-order chi connectivity index (χ1) is 33.2. The van der Waals surface area contributed by atoms with Gasteiger partial charge in [0.05, 0.1) is 0 Å². The van der Waals surface area contributed by atoms with Crippen molar-refractivity contribution in [2.24, 2.45) is 0 Å². The molecule has 0 unspecified atom stereocenters. The van der Waals surface area contributed by atoms with E-state index < -0.39 is 89.5 Å². The van der Waals surface area contributed by atoms with E-state index in [4.69, 9.17) is 149 Å². The SMILES string of the molecule is C=CNC=C.C=CNC=C.C=CNC=C.CC(=O)[O-].CC(=O)[O-].CC(=O)[O-].CC(=O)[O-].CC(=O)[O-].CC(=O)[O-].CC(=O)[O-].CC(=O)[O-].CC(=O)[O-].CC(=O)[O-].CC(=O)[O-].CC(=O)[O-].CC(=O)[O-].CC(=O)[O-].CC(=O)[O-].N.N.N.N.N.N.[Fe+3].[Fe+3].[Fe+3].[Fe+3].[Fe+3].[H-].[H-].[H-].[H-].[H-].[Na+].[Na+].[Na+].[Na+].[Na+]. The molecule has 0 rings (SSSR count). The summed E-state index contributed by atoms with van der Waals surface area (Å²) in [5, 5.41) is 141. The monoisotopic (exact) mass is 1590 g/mol. The maximum Gasteiger partial charge on any atom is 3.00 e. The Bertz CT molecular complexity index is 1170. The van der Waals surface area contributed by atoms with E-state index in [9.17, 15) is 0 Å². The molecule has 0 aromatic rings. The predicted molar refractivity (Wildman–Crippen MR) is 266 cm³/mol. The van der Waals surface area contributed by atoms with Gasteiger partial charge in [-0.05, 0) is 141 Å². The van der Waals surface area contributed by atoms with E-state index in [2.05, 4.69) is 55.4 Å². The Labute approximate surface area is 703 Å². The Morgan fingerprint density at radius 1 is 0.198 bits per heavy atom. The zero-order valence-electron chi connectivity index (χ0n) is 60.0. The summed E-state index contributed by atoms with van der Waals surface area (Å²) < 4.78 is 0. The molecule has 0 aliphatic carbocycles. The quantitative estimate of drug-likeness (QED) is 0.112. The summed E-state index contributed by atoms with van der Waals surface area (Å²) in [5.41, 5.74) is 0. The fraction of sp³-hybridized carbons (Fsp3) is 0.357. The van der Waals surface area contributed by atoms with Gasteiger partial charge >= 0.3 is 233 Å². The second-order valence-electron chi connectivity index (χ2n) is 9.10. The van der Waals surface area contributed by atoms with Gasteiger partial charge in [-0.3, -0.25) is 0 Å². The van der Waals surface area contributed by atoms with E-state index >= 15 is 0 Å². The van der Waals surface area contributed by atoms with E-state index in [0.717, 1.165) is 104 Å². The number of carbonyl (C=O) groups is 15. The van der Waals surface area contributed by atoms with Crippen LogP contribution >= 0.6 is 0 Å². The fourth-order valence-electron chi connectivity index (χ4n) is 0.250. The van der Waals surface area contributed by atoms with Gasteiger partial charge in [0, 0.05) is 89.5 Å². The molecule has 0 amide bonds. The molecule has 0 heterocycles. The van der Waals surface area contributed by atoms with E-state index in [1.807, 2.05) is 0 Å². The molecule has 49 heteroatoms. The summed E-state index contributed by atoms with van der Waals surface area (Å²) in [6.45, 7) is 34.8. The van der Waals surface area contributed by atoms with E-state index in [0.29, 0.717) is 0 Å². The van der Waals surface area contributed by atoms with Crippen LogP contribution in [0.2, 0.25) is 0 Å². The number of carbonyl (C=O) groups excluding carboxylic acids is 15. The van der Waals surface area contributed by atoms with E-state index in [1.54, 1.807) is 37.2 Å². The van der Waals surface area contributed by atoms with Crippen molar-refractivity contribution in [3.05, 3.63) is 76.7 Å². The van der Waals surface area contributed by atoms with Crippen LogP contribution in [0, 0.1) is 0 Å². The third-order valence-corrected chi connectivity index (χ3v) is 0.707. The molecule has 0 aromatic heterocycles. The molecule has 0 aliphatic rings. The third-order valence-electron chi connectivity index (χ3n) is 0.707. The minimum Gasteiger partial charge on any atom is -1.00 e. The molecular formula is C42H89Fe5N9Na5O30. The molecular weight excluding hydrogens is 1500 g/mol. The van der Waals surface area contributed by atoms with Crippen LogP contribution in [-0.4, -0.2) is 89.5 Å². The van der Waals surface area contributed by atoms with Crippen LogP contribution in [0.1, 0.15) is 111 Å². The summed E-state index contributed by atoms with van der Waals surface area (Å²) in [7, 11) is 0. The van der Waals surface area contributed by atoms with Gasteiger partial charge in [-0.1, -0.05) is 39.5 Å². The van der Waals surface area contributed by atoms with Gasteiger partial charge in [0.1, 0.15) is 0 Å². The molecule has 0 aromatic carbocycles. The van der Waals surface area contributed by atoms with Crippen molar-refractivity contribution in [2.45, 2.75) is 104 Å². The van der Waals surface area contributed by atoms with Gasteiger partial charge in [0.15, 0.2) is 0 Å². The molecule has 39 nitrogen and oxygen atoms in total. The van der Waals surface area contributed by atoms with Crippen LogP contribution in [0.5, 0.6) is 0 Å². The fourth-order valence-corrected chi connectivity index (χ4v) is 0.250. The first-order valence-electron chi connectivity index (χ1n) is 17.8. The maximum absolute atomic E-state index is 8.89. The average molecular weight is 1590 g/mol. The summed E-state index contributed by atoms with van der Waals surface area (Å²) in [4.78, 5) is 133. The van der Waals surface area contributed by atoms with Gasteiger partial charge in [0.2, 0.25) is 0 Å². The second kappa shape index (κ2) is 247. The number of carboxylic acids is 15. The van der Waals surface area contributed by atoms with Gasteiger partial charge in [-0.15, -0.1) is 0 Å². The minimum absolute atomic E-state index is 0. The number of hydrogen-bond acceptors (Lipinski definition) is 39. The molecule has 527 valence electrons. The minimum atomic E-state index is -1.08. The van der Waals surface area contributed by atoms with Gasteiger partial charge in [0.25, 0.3) is 0 Å². The number of aliphatic carboxylic acids is 15. The topological polar surface area (TPSA) is 848 Å². The smallest absolute Gasteiger partial charge is 1.00 e. The summed E-state index contributed by atoms with van der Waals surface area (Å²) in [6.07, 6.45) is 9.38. The first kappa shape index (κ1) is 228. The Kier molecular flexibility index (Phi) is 620. The number of rotatable bonds is 6. The van der Waals surface area contributed by atoms with Crippen molar-refractivity contribution in [2.75, 3.05) is 0 Å². The van der Waals surface area contributed by atoms with Gasteiger partial charge in [-0.2, -0.15) is 0 Å². The number of carboxylic acid groups (broad SMARTS) is 15. The van der Waals surface area contributed by atoms with E-state index in [-0.39, 0.29) is 277 Å². The number of hydrogen-bond donors (Lipinski definition) is 9.